The Morgan fingerprint density at radius 1 is 0.842 bits per heavy atom. The third-order valence-electron chi connectivity index (χ3n) is 2.46. The Morgan fingerprint density at radius 3 is 2.42 bits per heavy atom. The SMILES string of the molecule is Clc1cc(-c2ccncc2)nc(-c2cnccn2)n1. The molecular formula is C13H8ClN5. The molecule has 0 atom stereocenters. The Balaban J connectivity index is 2.12. The Hall–Kier alpha value is -2.40. The standard InChI is InChI=1S/C13H8ClN5/c14-12-7-10(9-1-3-15-4-2-9)18-13(19-12)11-8-16-5-6-17-11/h1-8H. The molecule has 6 heteroatoms. The van der Waals surface area contributed by atoms with Crippen LogP contribution in [0.4, 0.5) is 0 Å². The van der Waals surface area contributed by atoms with E-state index < -0.39 is 0 Å². The van der Waals surface area contributed by atoms with Crippen molar-refractivity contribution in [3.8, 4) is 22.8 Å². The maximum atomic E-state index is 6.03. The van der Waals surface area contributed by atoms with Gasteiger partial charge in [-0.05, 0) is 12.1 Å². The lowest BCUT2D eigenvalue weighted by Gasteiger charge is -2.04. The largest absolute Gasteiger partial charge is 0.265 e. The number of rotatable bonds is 2. The van der Waals surface area contributed by atoms with Gasteiger partial charge in [0.2, 0.25) is 0 Å². The Bertz CT molecular complexity index is 630. The van der Waals surface area contributed by atoms with Gasteiger partial charge in [0, 0.05) is 36.4 Å². The minimum absolute atomic E-state index is 0.363. The monoisotopic (exact) mass is 269 g/mol. The third kappa shape index (κ3) is 2.56. The van der Waals surface area contributed by atoms with Crippen molar-refractivity contribution in [2.24, 2.45) is 0 Å². The van der Waals surface area contributed by atoms with E-state index in [1.54, 1.807) is 37.1 Å². The first-order chi connectivity index (χ1) is 9.33. The summed E-state index contributed by atoms with van der Waals surface area (Å²) in [6.45, 7) is 0. The van der Waals surface area contributed by atoms with Gasteiger partial charge in [0.25, 0.3) is 0 Å². The zero-order valence-corrected chi connectivity index (χ0v) is 10.5. The summed E-state index contributed by atoms with van der Waals surface area (Å²) >= 11 is 6.03. The van der Waals surface area contributed by atoms with Crippen LogP contribution in [-0.4, -0.2) is 24.9 Å². The first-order valence-electron chi connectivity index (χ1n) is 5.54. The van der Waals surface area contributed by atoms with E-state index >= 15 is 0 Å². The van der Waals surface area contributed by atoms with Crippen LogP contribution in [0.5, 0.6) is 0 Å². The van der Waals surface area contributed by atoms with Crippen LogP contribution in [0.15, 0.2) is 49.2 Å². The van der Waals surface area contributed by atoms with E-state index in [0.29, 0.717) is 16.7 Å². The van der Waals surface area contributed by atoms with Gasteiger partial charge in [0.15, 0.2) is 5.82 Å². The van der Waals surface area contributed by atoms with Gasteiger partial charge >= 0.3 is 0 Å². The van der Waals surface area contributed by atoms with Gasteiger partial charge in [-0.15, -0.1) is 0 Å². The van der Waals surface area contributed by atoms with Crippen molar-refractivity contribution >= 4 is 11.6 Å². The molecule has 0 unspecified atom stereocenters. The minimum atomic E-state index is 0.363. The van der Waals surface area contributed by atoms with Gasteiger partial charge in [0.05, 0.1) is 11.9 Å². The predicted molar refractivity (Wildman–Crippen MR) is 71.3 cm³/mol. The number of pyridine rings is 1. The smallest absolute Gasteiger partial charge is 0.181 e. The first kappa shape index (κ1) is 11.7. The van der Waals surface area contributed by atoms with Crippen molar-refractivity contribution < 1.29 is 0 Å². The van der Waals surface area contributed by atoms with Crippen LogP contribution in [0, 0.1) is 0 Å². The van der Waals surface area contributed by atoms with E-state index in [1.807, 2.05) is 12.1 Å². The summed E-state index contributed by atoms with van der Waals surface area (Å²) in [4.78, 5) is 20.8. The molecule has 0 aliphatic carbocycles. The zero-order chi connectivity index (χ0) is 13.1. The molecule has 0 aliphatic heterocycles. The summed E-state index contributed by atoms with van der Waals surface area (Å²) in [5.41, 5.74) is 2.23. The lowest BCUT2D eigenvalue weighted by Crippen LogP contribution is -1.95. The van der Waals surface area contributed by atoms with Crippen molar-refractivity contribution in [1.29, 1.82) is 0 Å². The van der Waals surface area contributed by atoms with Crippen molar-refractivity contribution in [3.05, 3.63) is 54.3 Å². The average molecular weight is 270 g/mol. The molecule has 3 aromatic rings. The van der Waals surface area contributed by atoms with E-state index in [0.717, 1.165) is 11.3 Å². The fraction of sp³-hybridized carbons (Fsp3) is 0. The molecule has 0 bridgehead atoms. The molecular weight excluding hydrogens is 262 g/mol. The number of hydrogen-bond acceptors (Lipinski definition) is 5. The molecule has 0 fully saturated rings. The van der Waals surface area contributed by atoms with Crippen LogP contribution >= 0.6 is 11.6 Å². The highest BCUT2D eigenvalue weighted by molar-refractivity contribution is 6.29. The van der Waals surface area contributed by atoms with Crippen molar-refractivity contribution in [2.75, 3.05) is 0 Å². The summed E-state index contributed by atoms with van der Waals surface area (Å²) in [7, 11) is 0. The quantitative estimate of drug-likeness (QED) is 0.669. The molecule has 0 aromatic carbocycles. The van der Waals surface area contributed by atoms with E-state index in [1.165, 1.54) is 0 Å². The van der Waals surface area contributed by atoms with Gasteiger partial charge in [0.1, 0.15) is 10.8 Å². The second-order valence-electron chi connectivity index (χ2n) is 3.73. The summed E-state index contributed by atoms with van der Waals surface area (Å²) in [5, 5.41) is 0.363. The molecule has 0 amide bonds. The van der Waals surface area contributed by atoms with Crippen LogP contribution in [0.25, 0.3) is 22.8 Å². The van der Waals surface area contributed by atoms with Crippen LogP contribution < -0.4 is 0 Å². The van der Waals surface area contributed by atoms with Gasteiger partial charge < -0.3 is 0 Å². The average Bonchev–Trinajstić information content (AvgIpc) is 2.48. The Labute approximate surface area is 114 Å². The summed E-state index contributed by atoms with van der Waals surface area (Å²) in [6, 6.07) is 5.43. The lowest BCUT2D eigenvalue weighted by atomic mass is 10.2. The highest BCUT2D eigenvalue weighted by Crippen LogP contribution is 2.22. The number of hydrogen-bond donors (Lipinski definition) is 0. The predicted octanol–water partition coefficient (Wildman–Crippen LogP) is 2.65. The van der Waals surface area contributed by atoms with Gasteiger partial charge in [-0.3, -0.25) is 9.97 Å². The van der Waals surface area contributed by atoms with E-state index in [2.05, 4.69) is 24.9 Å². The molecule has 0 radical (unpaired) electrons. The second-order valence-corrected chi connectivity index (χ2v) is 4.11. The maximum Gasteiger partial charge on any atom is 0.181 e. The number of nitrogens with zero attached hydrogens (tertiary/aromatic N) is 5. The molecule has 0 saturated heterocycles. The molecule has 3 aromatic heterocycles. The molecule has 0 aliphatic rings. The minimum Gasteiger partial charge on any atom is -0.265 e. The van der Waals surface area contributed by atoms with Crippen LogP contribution in [0.3, 0.4) is 0 Å². The van der Waals surface area contributed by atoms with Gasteiger partial charge in [-0.25, -0.2) is 15.0 Å². The van der Waals surface area contributed by atoms with Gasteiger partial charge in [-0.1, -0.05) is 11.6 Å². The van der Waals surface area contributed by atoms with Crippen LogP contribution in [0.1, 0.15) is 0 Å². The molecule has 5 nitrogen and oxygen atoms in total. The molecule has 92 valence electrons. The third-order valence-corrected chi connectivity index (χ3v) is 2.66. The van der Waals surface area contributed by atoms with Crippen molar-refractivity contribution in [2.45, 2.75) is 0 Å². The maximum absolute atomic E-state index is 6.03. The van der Waals surface area contributed by atoms with Gasteiger partial charge in [-0.2, -0.15) is 0 Å². The Morgan fingerprint density at radius 2 is 1.68 bits per heavy atom. The topological polar surface area (TPSA) is 64.5 Å². The fourth-order valence-corrected chi connectivity index (χ4v) is 1.80. The molecule has 19 heavy (non-hydrogen) atoms. The second kappa shape index (κ2) is 5.07. The number of halogens is 1. The van der Waals surface area contributed by atoms with E-state index in [9.17, 15) is 0 Å². The van der Waals surface area contributed by atoms with E-state index in [4.69, 9.17) is 11.6 Å². The zero-order valence-electron chi connectivity index (χ0n) is 9.73. The van der Waals surface area contributed by atoms with Crippen LogP contribution in [-0.2, 0) is 0 Å². The number of aromatic nitrogens is 5. The van der Waals surface area contributed by atoms with E-state index in [-0.39, 0.29) is 0 Å². The van der Waals surface area contributed by atoms with Crippen molar-refractivity contribution in [1.82, 2.24) is 24.9 Å². The Kier molecular flexibility index (Phi) is 3.12. The molecule has 3 rings (SSSR count). The summed E-state index contributed by atoms with van der Waals surface area (Å²) < 4.78 is 0. The lowest BCUT2D eigenvalue weighted by molar-refractivity contribution is 1.11. The summed E-state index contributed by atoms with van der Waals surface area (Å²) in [5.74, 6) is 0.451. The van der Waals surface area contributed by atoms with Crippen LogP contribution in [0.2, 0.25) is 5.15 Å². The van der Waals surface area contributed by atoms with Crippen molar-refractivity contribution in [3.63, 3.8) is 0 Å². The highest BCUT2D eigenvalue weighted by Gasteiger charge is 2.08. The molecule has 3 heterocycles. The molecule has 0 spiro atoms. The highest BCUT2D eigenvalue weighted by atomic mass is 35.5. The molecule has 0 saturated carbocycles. The molecule has 0 N–H and O–H groups in total. The normalized spacial score (nSPS) is 10.4. The first-order valence-corrected chi connectivity index (χ1v) is 5.92. The fourth-order valence-electron chi connectivity index (χ4n) is 1.62. The summed E-state index contributed by atoms with van der Waals surface area (Å²) in [6.07, 6.45) is 8.19.